The fourth-order valence-electron chi connectivity index (χ4n) is 1.46. The van der Waals surface area contributed by atoms with Crippen LogP contribution in [0.2, 0.25) is 0 Å². The SMILES string of the molecule is CC(C)CNC(=O)c1cncc(NC(C)(C)C)c1. The maximum Gasteiger partial charge on any atom is 0.252 e. The van der Waals surface area contributed by atoms with Gasteiger partial charge in [0.15, 0.2) is 0 Å². The van der Waals surface area contributed by atoms with Crippen molar-refractivity contribution >= 4 is 11.6 Å². The van der Waals surface area contributed by atoms with Crippen LogP contribution >= 0.6 is 0 Å². The molecule has 1 aromatic rings. The lowest BCUT2D eigenvalue weighted by molar-refractivity contribution is 0.0948. The molecule has 1 aromatic heterocycles. The Morgan fingerprint density at radius 1 is 1.33 bits per heavy atom. The Morgan fingerprint density at radius 2 is 2.00 bits per heavy atom. The summed E-state index contributed by atoms with van der Waals surface area (Å²) in [5.74, 6) is 0.367. The van der Waals surface area contributed by atoms with Crippen molar-refractivity contribution in [1.29, 1.82) is 0 Å². The van der Waals surface area contributed by atoms with Crippen LogP contribution in [0.25, 0.3) is 0 Å². The van der Waals surface area contributed by atoms with Crippen molar-refractivity contribution in [1.82, 2.24) is 10.3 Å². The number of nitrogens with zero attached hydrogens (tertiary/aromatic N) is 1. The van der Waals surface area contributed by atoms with E-state index >= 15 is 0 Å². The van der Waals surface area contributed by atoms with Crippen molar-refractivity contribution < 1.29 is 4.79 Å². The predicted molar refractivity (Wildman–Crippen MR) is 74.8 cm³/mol. The maximum atomic E-state index is 11.9. The third-order valence-electron chi connectivity index (χ3n) is 2.19. The Bertz CT molecular complexity index is 408. The van der Waals surface area contributed by atoms with E-state index in [0.717, 1.165) is 5.69 Å². The summed E-state index contributed by atoms with van der Waals surface area (Å²) >= 11 is 0. The number of carbonyl (C=O) groups is 1. The fourth-order valence-corrected chi connectivity index (χ4v) is 1.46. The molecule has 18 heavy (non-hydrogen) atoms. The first-order valence-corrected chi connectivity index (χ1v) is 6.29. The topological polar surface area (TPSA) is 54.0 Å². The quantitative estimate of drug-likeness (QED) is 0.862. The first-order chi connectivity index (χ1) is 8.28. The summed E-state index contributed by atoms with van der Waals surface area (Å²) in [6.45, 7) is 11.0. The van der Waals surface area contributed by atoms with E-state index in [-0.39, 0.29) is 11.4 Å². The number of hydrogen-bond donors (Lipinski definition) is 2. The number of amides is 1. The van der Waals surface area contributed by atoms with Gasteiger partial charge in [0.25, 0.3) is 5.91 Å². The number of pyridine rings is 1. The molecule has 0 spiro atoms. The van der Waals surface area contributed by atoms with E-state index in [1.54, 1.807) is 12.4 Å². The summed E-state index contributed by atoms with van der Waals surface area (Å²) < 4.78 is 0. The molecule has 4 heteroatoms. The molecule has 0 aliphatic heterocycles. The lowest BCUT2D eigenvalue weighted by Gasteiger charge is -2.22. The molecule has 0 bridgehead atoms. The van der Waals surface area contributed by atoms with Gasteiger partial charge in [-0.1, -0.05) is 13.8 Å². The largest absolute Gasteiger partial charge is 0.379 e. The van der Waals surface area contributed by atoms with Crippen molar-refractivity contribution in [3.63, 3.8) is 0 Å². The first kappa shape index (κ1) is 14.5. The van der Waals surface area contributed by atoms with Crippen molar-refractivity contribution in [3.8, 4) is 0 Å². The van der Waals surface area contributed by atoms with Gasteiger partial charge >= 0.3 is 0 Å². The smallest absolute Gasteiger partial charge is 0.252 e. The molecule has 0 atom stereocenters. The van der Waals surface area contributed by atoms with Crippen LogP contribution in [0.4, 0.5) is 5.69 Å². The number of nitrogens with one attached hydrogen (secondary N) is 2. The summed E-state index contributed by atoms with van der Waals surface area (Å²) in [6.07, 6.45) is 3.31. The van der Waals surface area contributed by atoms with Crippen LogP contribution in [0.5, 0.6) is 0 Å². The van der Waals surface area contributed by atoms with Gasteiger partial charge in [0.1, 0.15) is 0 Å². The van der Waals surface area contributed by atoms with Gasteiger partial charge in [-0.3, -0.25) is 9.78 Å². The van der Waals surface area contributed by atoms with E-state index in [2.05, 4.69) is 50.2 Å². The minimum atomic E-state index is -0.0752. The highest BCUT2D eigenvalue weighted by molar-refractivity contribution is 5.94. The van der Waals surface area contributed by atoms with Gasteiger partial charge < -0.3 is 10.6 Å². The molecule has 0 saturated heterocycles. The summed E-state index contributed by atoms with van der Waals surface area (Å²) in [5, 5.41) is 6.18. The predicted octanol–water partition coefficient (Wildman–Crippen LogP) is 2.68. The Kier molecular flexibility index (Phi) is 4.70. The van der Waals surface area contributed by atoms with Crippen LogP contribution in [-0.4, -0.2) is 23.0 Å². The molecule has 0 unspecified atom stereocenters. The summed E-state index contributed by atoms with van der Waals surface area (Å²) in [7, 11) is 0. The highest BCUT2D eigenvalue weighted by atomic mass is 16.1. The Hall–Kier alpha value is -1.58. The van der Waals surface area contributed by atoms with Gasteiger partial charge in [0.2, 0.25) is 0 Å². The van der Waals surface area contributed by atoms with E-state index < -0.39 is 0 Å². The van der Waals surface area contributed by atoms with Crippen molar-refractivity contribution in [2.24, 2.45) is 5.92 Å². The molecule has 1 rings (SSSR count). The molecule has 0 radical (unpaired) electrons. The molecule has 1 heterocycles. The minimum Gasteiger partial charge on any atom is -0.379 e. The van der Waals surface area contributed by atoms with Crippen LogP contribution in [-0.2, 0) is 0 Å². The maximum absolute atomic E-state index is 11.9. The summed E-state index contributed by atoms with van der Waals surface area (Å²) in [4.78, 5) is 16.0. The molecular weight excluding hydrogens is 226 g/mol. The molecular formula is C14H23N3O. The number of rotatable bonds is 4. The van der Waals surface area contributed by atoms with Gasteiger partial charge in [-0.05, 0) is 32.8 Å². The molecule has 2 N–H and O–H groups in total. The second kappa shape index (κ2) is 5.85. The molecule has 100 valence electrons. The molecule has 0 aromatic carbocycles. The molecule has 0 saturated carbocycles. The van der Waals surface area contributed by atoms with Crippen molar-refractivity contribution in [3.05, 3.63) is 24.0 Å². The highest BCUT2D eigenvalue weighted by Crippen LogP contribution is 2.14. The minimum absolute atomic E-state index is 0.0469. The Balaban J connectivity index is 2.72. The molecule has 1 amide bonds. The average Bonchev–Trinajstić information content (AvgIpc) is 2.23. The number of carbonyl (C=O) groups excluding carboxylic acids is 1. The molecule has 0 aliphatic carbocycles. The van der Waals surface area contributed by atoms with Gasteiger partial charge in [0, 0.05) is 24.5 Å². The monoisotopic (exact) mass is 249 g/mol. The fraction of sp³-hybridized carbons (Fsp3) is 0.571. The summed E-state index contributed by atoms with van der Waals surface area (Å²) in [6, 6.07) is 1.83. The van der Waals surface area contributed by atoms with Crippen molar-refractivity contribution in [2.75, 3.05) is 11.9 Å². The van der Waals surface area contributed by atoms with E-state index in [1.807, 2.05) is 6.07 Å². The molecule has 0 fully saturated rings. The second-order valence-electron chi connectivity index (χ2n) is 5.94. The first-order valence-electron chi connectivity index (χ1n) is 6.29. The normalized spacial score (nSPS) is 11.4. The van der Waals surface area contributed by atoms with Crippen LogP contribution in [0, 0.1) is 5.92 Å². The van der Waals surface area contributed by atoms with Gasteiger partial charge in [-0.15, -0.1) is 0 Å². The summed E-state index contributed by atoms with van der Waals surface area (Å²) in [5.41, 5.74) is 1.40. The average molecular weight is 249 g/mol. The number of anilines is 1. The third-order valence-corrected chi connectivity index (χ3v) is 2.19. The zero-order valence-electron chi connectivity index (χ0n) is 11.9. The molecule has 0 aliphatic rings. The van der Waals surface area contributed by atoms with E-state index in [9.17, 15) is 4.79 Å². The van der Waals surface area contributed by atoms with E-state index in [4.69, 9.17) is 0 Å². The van der Waals surface area contributed by atoms with Crippen LogP contribution in [0.15, 0.2) is 18.5 Å². The third kappa shape index (κ3) is 5.17. The van der Waals surface area contributed by atoms with E-state index in [1.165, 1.54) is 0 Å². The van der Waals surface area contributed by atoms with Crippen LogP contribution < -0.4 is 10.6 Å². The van der Waals surface area contributed by atoms with Crippen LogP contribution in [0.1, 0.15) is 45.0 Å². The van der Waals surface area contributed by atoms with E-state index in [0.29, 0.717) is 18.0 Å². The number of aromatic nitrogens is 1. The lowest BCUT2D eigenvalue weighted by atomic mass is 10.1. The standard InChI is InChI=1S/C14H23N3O/c1-10(2)7-16-13(18)11-6-12(9-15-8-11)17-14(3,4)5/h6,8-10,17H,7H2,1-5H3,(H,16,18). The van der Waals surface area contributed by atoms with Crippen LogP contribution in [0.3, 0.4) is 0 Å². The lowest BCUT2D eigenvalue weighted by Crippen LogP contribution is -2.28. The van der Waals surface area contributed by atoms with Gasteiger partial charge in [0.05, 0.1) is 11.3 Å². The highest BCUT2D eigenvalue weighted by Gasteiger charge is 2.12. The van der Waals surface area contributed by atoms with Gasteiger partial charge in [-0.25, -0.2) is 0 Å². The second-order valence-corrected chi connectivity index (χ2v) is 5.94. The zero-order chi connectivity index (χ0) is 13.8. The van der Waals surface area contributed by atoms with Gasteiger partial charge in [-0.2, -0.15) is 0 Å². The van der Waals surface area contributed by atoms with Crippen molar-refractivity contribution in [2.45, 2.75) is 40.2 Å². The Labute approximate surface area is 109 Å². The Morgan fingerprint density at radius 3 is 2.56 bits per heavy atom. The molecule has 4 nitrogen and oxygen atoms in total. The number of hydrogen-bond acceptors (Lipinski definition) is 3. The zero-order valence-corrected chi connectivity index (χ0v) is 11.9.